The van der Waals surface area contributed by atoms with E-state index in [0.717, 1.165) is 139 Å². The van der Waals surface area contributed by atoms with Gasteiger partial charge in [0.2, 0.25) is 0 Å². The zero-order chi connectivity index (χ0) is 51.2. The van der Waals surface area contributed by atoms with E-state index in [1.807, 2.05) is 81.1 Å². The van der Waals surface area contributed by atoms with E-state index >= 15 is 0 Å². The van der Waals surface area contributed by atoms with Crippen molar-refractivity contribution in [3.8, 4) is 57.1 Å². The summed E-state index contributed by atoms with van der Waals surface area (Å²) < 4.78 is 20.1. The average Bonchev–Trinajstić information content (AvgIpc) is 4.35. The number of fused-ring (bicyclic) bond motifs is 4. The maximum Gasteiger partial charge on any atom is 0.124 e. The Labute approximate surface area is 523 Å². The molecule has 1 unspecified atom stereocenters. The Bertz CT molecular complexity index is 3070. The minimum atomic E-state index is 0. The number of rotatable bonds is 12. The largest absolute Gasteiger partial charge is 0.534 e. The molecule has 20 heteroatoms. The van der Waals surface area contributed by atoms with Crippen LogP contribution in [-0.2, 0) is 132 Å². The maximum atomic E-state index is 5.63. The third kappa shape index (κ3) is 16.7. The van der Waals surface area contributed by atoms with Gasteiger partial charge in [-0.05, 0) is 90.1 Å². The van der Waals surface area contributed by atoms with Crippen LogP contribution in [0.5, 0.6) is 11.5 Å². The van der Waals surface area contributed by atoms with Gasteiger partial charge in [-0.25, -0.2) is 0 Å². The molecule has 424 valence electrons. The molecule has 0 saturated heterocycles. The van der Waals surface area contributed by atoms with Crippen molar-refractivity contribution in [2.24, 2.45) is 0 Å². The normalized spacial score (nSPS) is 14.1. The molecule has 4 radical (unpaired) electrons. The van der Waals surface area contributed by atoms with E-state index in [9.17, 15) is 0 Å². The van der Waals surface area contributed by atoms with Gasteiger partial charge in [-0.1, -0.05) is 35.3 Å². The molecule has 0 N–H and O–H groups in total. The first kappa shape index (κ1) is 65.2. The third-order valence-electron chi connectivity index (χ3n) is 13.4. The molecule has 0 fully saturated rings. The van der Waals surface area contributed by atoms with Crippen LogP contribution in [0.3, 0.4) is 0 Å². The molecule has 78 heavy (non-hydrogen) atoms. The van der Waals surface area contributed by atoms with Gasteiger partial charge in [0.05, 0.1) is 36.0 Å². The van der Waals surface area contributed by atoms with Crippen LogP contribution in [0.1, 0.15) is 116 Å². The summed E-state index contributed by atoms with van der Waals surface area (Å²) in [5, 5.41) is 35.1. The van der Waals surface area contributed by atoms with Crippen molar-refractivity contribution in [1.82, 2.24) is 59.1 Å². The van der Waals surface area contributed by atoms with Crippen molar-refractivity contribution in [2.75, 3.05) is 12.9 Å². The van der Waals surface area contributed by atoms with E-state index in [0.29, 0.717) is 11.9 Å². The Morgan fingerprint density at radius 3 is 1.51 bits per heavy atom. The van der Waals surface area contributed by atoms with Crippen molar-refractivity contribution in [1.29, 1.82) is 0 Å². The van der Waals surface area contributed by atoms with Gasteiger partial charge in [0.1, 0.15) is 23.3 Å². The number of nitrogens with zero attached hydrogens (tertiary/aromatic N) is 12. The Balaban J connectivity index is 0.000000189. The molecule has 12 rings (SSSR count). The van der Waals surface area contributed by atoms with E-state index in [1.165, 1.54) is 61.2 Å². The SMILES string of the molecule is CC(C)Oc1c[c-]c(-c2nnc3n2CCCC3)cc1.CCC(C)Sc1ccc[c-]c1-c1nnc2n1CCCC2.CCOc1cc[c-]c(-c2nnc3n2CCCC3)c1.CSc1cc[c-]c(-c2nnc3n2CCCC3)c1.[Ir].[Ir].[Ir].[Ir]. The van der Waals surface area contributed by atoms with E-state index in [1.54, 1.807) is 11.8 Å². The standard InChI is InChI=1S/C16H20N3S.C15H18N3O.C14H16N3O.C13H14N3S.4Ir/c1-3-12(2)20-14-9-5-4-8-13(14)16-18-17-15-10-6-7-11-19(15)16;1-11(2)19-13-8-6-12(7-9-13)15-17-16-14-5-3-4-10-18(14)15;1-2-18-12-7-5-6-11(10-12)14-16-15-13-8-3-4-9-17(13)14;1-17-11-6-4-5-10(9-11)13-15-14-12-7-2-3-8-16(12)13;;;;/h4-5,9,12H,3,6-7,10-11H2,1-2H3;6,8-9,11H,3-5,10H2,1-2H3;5,7,10H,2-4,8-9H2,1H3;4,6,9H,2-3,7-8H2,1H3;;;;/q4*-1;;;;. The fourth-order valence-electron chi connectivity index (χ4n) is 9.44. The number of hydrogen-bond acceptors (Lipinski definition) is 12. The van der Waals surface area contributed by atoms with E-state index in [4.69, 9.17) is 9.47 Å². The van der Waals surface area contributed by atoms with Crippen LogP contribution in [0.2, 0.25) is 0 Å². The summed E-state index contributed by atoms with van der Waals surface area (Å²) in [6.45, 7) is 15.3. The first-order valence-corrected chi connectivity index (χ1v) is 28.7. The molecule has 8 heterocycles. The average molecular weight is 1800 g/mol. The second-order valence-electron chi connectivity index (χ2n) is 19.1. The predicted octanol–water partition coefficient (Wildman–Crippen LogP) is 12.1. The fourth-order valence-corrected chi connectivity index (χ4v) is 10.9. The number of aromatic nitrogens is 12. The quantitative estimate of drug-likeness (QED) is 0.0849. The molecule has 8 aromatic rings. The summed E-state index contributed by atoms with van der Waals surface area (Å²) >= 11 is 3.65. The Kier molecular flexibility index (Phi) is 27.3. The van der Waals surface area contributed by atoms with Crippen LogP contribution in [0.25, 0.3) is 45.6 Å². The zero-order valence-electron chi connectivity index (χ0n) is 45.1. The van der Waals surface area contributed by atoms with Crippen molar-refractivity contribution < 1.29 is 89.9 Å². The van der Waals surface area contributed by atoms with Crippen molar-refractivity contribution in [3.63, 3.8) is 0 Å². The molecule has 1 atom stereocenters. The topological polar surface area (TPSA) is 141 Å². The number of aryl methyl sites for hydroxylation is 4. The second kappa shape index (κ2) is 32.7. The third-order valence-corrected chi connectivity index (χ3v) is 15.4. The van der Waals surface area contributed by atoms with Crippen LogP contribution in [0.15, 0.2) is 82.6 Å². The van der Waals surface area contributed by atoms with Gasteiger partial charge >= 0.3 is 0 Å². The van der Waals surface area contributed by atoms with Gasteiger partial charge in [0.15, 0.2) is 0 Å². The molecule has 4 aromatic heterocycles. The second-order valence-corrected chi connectivity index (χ2v) is 21.4. The Morgan fingerprint density at radius 2 is 1.03 bits per heavy atom. The molecule has 14 nitrogen and oxygen atoms in total. The van der Waals surface area contributed by atoms with Crippen LogP contribution < -0.4 is 9.47 Å². The number of hydrogen-bond donors (Lipinski definition) is 0. The monoisotopic (exact) mass is 1800 g/mol. The molecule has 4 aliphatic heterocycles. The van der Waals surface area contributed by atoms with Crippen molar-refractivity contribution >= 4 is 23.5 Å². The van der Waals surface area contributed by atoms with Crippen LogP contribution >= 0.6 is 23.5 Å². The molecule has 0 spiro atoms. The fraction of sp³-hybridized carbons (Fsp3) is 0.448. The molecular weight excluding hydrogens is 1730 g/mol. The van der Waals surface area contributed by atoms with Crippen LogP contribution in [0.4, 0.5) is 0 Å². The Hall–Kier alpha value is -3.66. The first-order chi connectivity index (χ1) is 36.3. The smallest absolute Gasteiger partial charge is 0.124 e. The predicted molar refractivity (Wildman–Crippen MR) is 293 cm³/mol. The van der Waals surface area contributed by atoms with Gasteiger partial charge in [-0.3, -0.25) is 0 Å². The molecule has 0 bridgehead atoms. The molecule has 4 aliphatic rings. The molecular formula is C58H68Ir4N12O2S2-4. The van der Waals surface area contributed by atoms with Gasteiger partial charge in [-0.15, -0.1) is 140 Å². The van der Waals surface area contributed by atoms with Crippen LogP contribution in [-0.4, -0.2) is 83.3 Å². The minimum absolute atomic E-state index is 0. The summed E-state index contributed by atoms with van der Waals surface area (Å²) in [5.41, 5.74) is 4.11. The van der Waals surface area contributed by atoms with Crippen molar-refractivity contribution in [2.45, 2.75) is 165 Å². The van der Waals surface area contributed by atoms with Gasteiger partial charge in [0, 0.05) is 144 Å². The van der Waals surface area contributed by atoms with Crippen LogP contribution in [0, 0.1) is 24.3 Å². The summed E-state index contributed by atoms with van der Waals surface area (Å²) in [4.78, 5) is 2.51. The van der Waals surface area contributed by atoms with E-state index in [-0.39, 0.29) is 86.5 Å². The molecule has 4 aromatic carbocycles. The van der Waals surface area contributed by atoms with Gasteiger partial charge in [-0.2, -0.15) is 32.2 Å². The number of ether oxygens (including phenoxy) is 2. The number of thioether (sulfide) groups is 2. The first-order valence-electron chi connectivity index (χ1n) is 26.6. The van der Waals surface area contributed by atoms with E-state index < -0.39 is 0 Å². The van der Waals surface area contributed by atoms with Gasteiger partial charge < -0.3 is 27.7 Å². The van der Waals surface area contributed by atoms with Crippen molar-refractivity contribution in [3.05, 3.63) is 120 Å². The zero-order valence-corrected chi connectivity index (χ0v) is 56.4. The number of benzene rings is 4. The Morgan fingerprint density at radius 1 is 0.526 bits per heavy atom. The summed E-state index contributed by atoms with van der Waals surface area (Å²) in [7, 11) is 0. The molecule has 0 aliphatic carbocycles. The summed E-state index contributed by atoms with van der Waals surface area (Å²) in [6, 6.07) is 37.1. The van der Waals surface area contributed by atoms with E-state index in [2.05, 4.69) is 128 Å². The molecule has 0 amide bonds. The minimum Gasteiger partial charge on any atom is -0.534 e. The maximum absolute atomic E-state index is 5.63. The summed E-state index contributed by atoms with van der Waals surface area (Å²) in [5.74, 6) is 9.93. The molecule has 0 saturated carbocycles. The van der Waals surface area contributed by atoms with Gasteiger partial charge in [0.25, 0.3) is 0 Å². The summed E-state index contributed by atoms with van der Waals surface area (Å²) in [6.07, 6.45) is 17.3.